The lowest BCUT2D eigenvalue weighted by molar-refractivity contribution is 0.643. The average Bonchev–Trinajstić information content (AvgIpc) is 2.40. The Kier molecular flexibility index (Phi) is 4.44. The SMILES string of the molecule is CCC(N)Cc1cnc(-c2ccccc2Br)nc1. The molecule has 0 spiro atoms. The third-order valence-electron chi connectivity index (χ3n) is 2.84. The Morgan fingerprint density at radius 3 is 2.50 bits per heavy atom. The molecule has 0 aliphatic rings. The minimum absolute atomic E-state index is 0.183. The van der Waals surface area contributed by atoms with Gasteiger partial charge in [0.2, 0.25) is 0 Å². The fourth-order valence-corrected chi connectivity index (χ4v) is 2.15. The van der Waals surface area contributed by atoms with E-state index in [9.17, 15) is 0 Å². The van der Waals surface area contributed by atoms with Crippen LogP contribution in [-0.4, -0.2) is 16.0 Å². The summed E-state index contributed by atoms with van der Waals surface area (Å²) in [5.41, 5.74) is 8.00. The molecule has 4 heteroatoms. The molecule has 2 aromatic rings. The summed E-state index contributed by atoms with van der Waals surface area (Å²) in [6.07, 6.45) is 5.51. The minimum atomic E-state index is 0.183. The molecule has 94 valence electrons. The van der Waals surface area contributed by atoms with Crippen LogP contribution in [0.15, 0.2) is 41.1 Å². The quantitative estimate of drug-likeness (QED) is 0.944. The van der Waals surface area contributed by atoms with Crippen LogP contribution in [-0.2, 0) is 6.42 Å². The van der Waals surface area contributed by atoms with Crippen LogP contribution in [0, 0.1) is 0 Å². The Labute approximate surface area is 116 Å². The molecule has 3 nitrogen and oxygen atoms in total. The lowest BCUT2D eigenvalue weighted by Crippen LogP contribution is -2.21. The van der Waals surface area contributed by atoms with Gasteiger partial charge in [-0.1, -0.05) is 41.1 Å². The molecule has 2 rings (SSSR count). The highest BCUT2D eigenvalue weighted by Crippen LogP contribution is 2.24. The van der Waals surface area contributed by atoms with Crippen LogP contribution in [0.5, 0.6) is 0 Å². The first kappa shape index (κ1) is 13.2. The van der Waals surface area contributed by atoms with Crippen molar-refractivity contribution >= 4 is 15.9 Å². The van der Waals surface area contributed by atoms with Crippen molar-refractivity contribution < 1.29 is 0 Å². The summed E-state index contributed by atoms with van der Waals surface area (Å²) >= 11 is 3.50. The van der Waals surface area contributed by atoms with Gasteiger partial charge in [0.25, 0.3) is 0 Å². The zero-order chi connectivity index (χ0) is 13.0. The molecule has 1 aromatic heterocycles. The monoisotopic (exact) mass is 305 g/mol. The molecule has 0 bridgehead atoms. The zero-order valence-corrected chi connectivity index (χ0v) is 11.9. The maximum atomic E-state index is 5.92. The van der Waals surface area contributed by atoms with Gasteiger partial charge in [-0.25, -0.2) is 9.97 Å². The van der Waals surface area contributed by atoms with Crippen molar-refractivity contribution in [2.75, 3.05) is 0 Å². The zero-order valence-electron chi connectivity index (χ0n) is 10.3. The highest BCUT2D eigenvalue weighted by atomic mass is 79.9. The molecule has 1 aromatic carbocycles. The van der Waals surface area contributed by atoms with E-state index in [1.807, 2.05) is 36.7 Å². The van der Waals surface area contributed by atoms with Gasteiger partial charge in [0.15, 0.2) is 5.82 Å². The number of rotatable bonds is 4. The molecular formula is C14H16BrN3. The fraction of sp³-hybridized carbons (Fsp3) is 0.286. The summed E-state index contributed by atoms with van der Waals surface area (Å²) in [6.45, 7) is 2.08. The van der Waals surface area contributed by atoms with Crippen LogP contribution in [0.2, 0.25) is 0 Å². The number of hydrogen-bond acceptors (Lipinski definition) is 3. The van der Waals surface area contributed by atoms with E-state index in [0.717, 1.165) is 34.3 Å². The Morgan fingerprint density at radius 1 is 1.22 bits per heavy atom. The van der Waals surface area contributed by atoms with Crippen LogP contribution in [0.1, 0.15) is 18.9 Å². The van der Waals surface area contributed by atoms with Gasteiger partial charge in [0, 0.05) is 28.5 Å². The van der Waals surface area contributed by atoms with E-state index in [1.54, 1.807) is 0 Å². The molecule has 18 heavy (non-hydrogen) atoms. The highest BCUT2D eigenvalue weighted by molar-refractivity contribution is 9.10. The summed E-state index contributed by atoms with van der Waals surface area (Å²) < 4.78 is 1.00. The number of benzene rings is 1. The smallest absolute Gasteiger partial charge is 0.160 e. The second-order valence-corrected chi connectivity index (χ2v) is 5.12. The van der Waals surface area contributed by atoms with Crippen molar-refractivity contribution in [1.82, 2.24) is 9.97 Å². The van der Waals surface area contributed by atoms with Gasteiger partial charge in [-0.15, -0.1) is 0 Å². The third kappa shape index (κ3) is 3.15. The summed E-state index contributed by atoms with van der Waals surface area (Å²) in [6, 6.07) is 8.12. The number of halogens is 1. The fourth-order valence-electron chi connectivity index (χ4n) is 1.69. The van der Waals surface area contributed by atoms with E-state index >= 15 is 0 Å². The Morgan fingerprint density at radius 2 is 1.89 bits per heavy atom. The van der Waals surface area contributed by atoms with Crippen molar-refractivity contribution in [3.8, 4) is 11.4 Å². The molecular weight excluding hydrogens is 290 g/mol. The van der Waals surface area contributed by atoms with Crippen molar-refractivity contribution in [2.45, 2.75) is 25.8 Å². The number of hydrogen-bond donors (Lipinski definition) is 1. The maximum Gasteiger partial charge on any atom is 0.160 e. The van der Waals surface area contributed by atoms with Crippen molar-refractivity contribution in [2.24, 2.45) is 5.73 Å². The molecule has 0 saturated heterocycles. The van der Waals surface area contributed by atoms with E-state index in [2.05, 4.69) is 32.8 Å². The van der Waals surface area contributed by atoms with Gasteiger partial charge in [-0.05, 0) is 24.5 Å². The van der Waals surface area contributed by atoms with Crippen LogP contribution in [0.3, 0.4) is 0 Å². The summed E-state index contributed by atoms with van der Waals surface area (Å²) in [5, 5.41) is 0. The highest BCUT2D eigenvalue weighted by Gasteiger charge is 2.06. The van der Waals surface area contributed by atoms with Crippen LogP contribution in [0.25, 0.3) is 11.4 Å². The van der Waals surface area contributed by atoms with E-state index < -0.39 is 0 Å². The number of aromatic nitrogens is 2. The Balaban J connectivity index is 2.20. The molecule has 0 amide bonds. The Bertz CT molecular complexity index is 511. The second-order valence-electron chi connectivity index (χ2n) is 4.27. The predicted octanol–water partition coefficient (Wildman–Crippen LogP) is 3.19. The predicted molar refractivity (Wildman–Crippen MR) is 77.1 cm³/mol. The largest absolute Gasteiger partial charge is 0.327 e. The molecule has 0 radical (unpaired) electrons. The second kappa shape index (κ2) is 6.07. The molecule has 0 aliphatic heterocycles. The standard InChI is InChI=1S/C14H16BrN3/c1-2-11(16)7-10-8-17-14(18-9-10)12-5-3-4-6-13(12)15/h3-6,8-9,11H,2,7,16H2,1H3. The summed E-state index contributed by atoms with van der Waals surface area (Å²) in [4.78, 5) is 8.80. The van der Waals surface area contributed by atoms with Crippen molar-refractivity contribution in [3.63, 3.8) is 0 Å². The molecule has 1 heterocycles. The van der Waals surface area contributed by atoms with Gasteiger partial charge >= 0.3 is 0 Å². The van der Waals surface area contributed by atoms with Gasteiger partial charge in [-0.3, -0.25) is 0 Å². The summed E-state index contributed by atoms with van der Waals surface area (Å²) in [5.74, 6) is 0.733. The Hall–Kier alpha value is -1.26. The topological polar surface area (TPSA) is 51.8 Å². The van der Waals surface area contributed by atoms with Gasteiger partial charge in [0.1, 0.15) is 0 Å². The van der Waals surface area contributed by atoms with E-state index in [-0.39, 0.29) is 6.04 Å². The molecule has 0 fully saturated rings. The van der Waals surface area contributed by atoms with Gasteiger partial charge in [-0.2, -0.15) is 0 Å². The van der Waals surface area contributed by atoms with Crippen molar-refractivity contribution in [3.05, 3.63) is 46.7 Å². The first-order valence-electron chi connectivity index (χ1n) is 6.02. The van der Waals surface area contributed by atoms with Crippen molar-refractivity contribution in [1.29, 1.82) is 0 Å². The van der Waals surface area contributed by atoms with Gasteiger partial charge < -0.3 is 5.73 Å². The summed E-state index contributed by atoms with van der Waals surface area (Å²) in [7, 11) is 0. The molecule has 0 aliphatic carbocycles. The maximum absolute atomic E-state index is 5.92. The molecule has 1 unspecified atom stereocenters. The first-order chi connectivity index (χ1) is 8.70. The van der Waals surface area contributed by atoms with E-state index in [1.165, 1.54) is 0 Å². The molecule has 2 N–H and O–H groups in total. The lowest BCUT2D eigenvalue weighted by atomic mass is 10.1. The van der Waals surface area contributed by atoms with E-state index in [0.29, 0.717) is 0 Å². The lowest BCUT2D eigenvalue weighted by Gasteiger charge is -2.08. The van der Waals surface area contributed by atoms with E-state index in [4.69, 9.17) is 5.73 Å². The average molecular weight is 306 g/mol. The third-order valence-corrected chi connectivity index (χ3v) is 3.53. The molecule has 1 atom stereocenters. The first-order valence-corrected chi connectivity index (χ1v) is 6.81. The van der Waals surface area contributed by atoms with Crippen LogP contribution < -0.4 is 5.73 Å². The number of nitrogens with zero attached hydrogens (tertiary/aromatic N) is 2. The normalized spacial score (nSPS) is 12.4. The molecule has 0 saturated carbocycles. The van der Waals surface area contributed by atoms with Crippen LogP contribution >= 0.6 is 15.9 Å². The van der Waals surface area contributed by atoms with Crippen LogP contribution in [0.4, 0.5) is 0 Å². The number of nitrogens with two attached hydrogens (primary N) is 1. The minimum Gasteiger partial charge on any atom is -0.327 e. The van der Waals surface area contributed by atoms with Gasteiger partial charge in [0.05, 0.1) is 0 Å².